The van der Waals surface area contributed by atoms with Crippen molar-refractivity contribution in [1.82, 2.24) is 0 Å². The predicted molar refractivity (Wildman–Crippen MR) is 93.2 cm³/mol. The second-order valence-corrected chi connectivity index (χ2v) is 7.12. The van der Waals surface area contributed by atoms with E-state index in [1.54, 1.807) is 4.90 Å². The summed E-state index contributed by atoms with van der Waals surface area (Å²) in [6.07, 6.45) is 6.53. The Balaban J connectivity index is 1.51. The number of piperidine rings is 2. The van der Waals surface area contributed by atoms with E-state index in [2.05, 4.69) is 0 Å². The van der Waals surface area contributed by atoms with Gasteiger partial charge >= 0.3 is 5.97 Å². The van der Waals surface area contributed by atoms with Crippen LogP contribution < -0.4 is 9.64 Å². The molecule has 2 fully saturated rings. The molecule has 0 spiro atoms. The van der Waals surface area contributed by atoms with Crippen LogP contribution in [0, 0.1) is 5.92 Å². The van der Waals surface area contributed by atoms with Crippen LogP contribution in [0.3, 0.4) is 0 Å². The average molecular weight is 332 g/mol. The molecule has 24 heavy (non-hydrogen) atoms. The largest absolute Gasteiger partial charge is 0.479 e. The van der Waals surface area contributed by atoms with E-state index in [9.17, 15) is 4.79 Å². The number of hydrogen-bond donors (Lipinski definition) is 1. The summed E-state index contributed by atoms with van der Waals surface area (Å²) in [5, 5.41) is 0. The molecule has 2 saturated heterocycles. The van der Waals surface area contributed by atoms with Crippen LogP contribution in [-0.4, -0.2) is 37.8 Å². The van der Waals surface area contributed by atoms with Crippen LogP contribution in [0.1, 0.15) is 45.4 Å². The number of quaternary nitrogens is 1. The number of carbonyl (C=O) groups excluding carboxylic acids is 1. The lowest BCUT2D eigenvalue weighted by atomic mass is 9.84. The molecular formula is C20H30NO3+. The Kier molecular flexibility index (Phi) is 6.13. The number of carbonyl (C=O) groups is 1. The lowest BCUT2D eigenvalue weighted by molar-refractivity contribution is -0.940. The molecule has 2 heterocycles. The topological polar surface area (TPSA) is 40.0 Å². The van der Waals surface area contributed by atoms with Gasteiger partial charge in [0.15, 0.2) is 6.10 Å². The molecule has 2 aliphatic heterocycles. The zero-order chi connectivity index (χ0) is 16.8. The highest BCUT2D eigenvalue weighted by atomic mass is 16.6. The molecule has 132 valence electrons. The number of para-hydroxylation sites is 1. The Bertz CT molecular complexity index is 517. The van der Waals surface area contributed by atoms with Crippen molar-refractivity contribution in [3.63, 3.8) is 0 Å². The number of rotatable bonds is 6. The molecule has 4 atom stereocenters. The maximum atomic E-state index is 12.4. The molecule has 4 nitrogen and oxygen atoms in total. The molecule has 1 N–H and O–H groups in total. The summed E-state index contributed by atoms with van der Waals surface area (Å²) in [6, 6.07) is 10.2. The molecule has 1 unspecified atom stereocenters. The van der Waals surface area contributed by atoms with Crippen molar-refractivity contribution in [2.24, 2.45) is 5.92 Å². The van der Waals surface area contributed by atoms with Gasteiger partial charge in [0, 0.05) is 5.92 Å². The predicted octanol–water partition coefficient (Wildman–Crippen LogP) is 2.23. The molecule has 4 heteroatoms. The molecule has 1 aromatic carbocycles. The highest BCUT2D eigenvalue weighted by Crippen LogP contribution is 2.21. The van der Waals surface area contributed by atoms with E-state index in [1.165, 1.54) is 45.2 Å². The first-order chi connectivity index (χ1) is 11.8. The van der Waals surface area contributed by atoms with E-state index < -0.39 is 6.10 Å². The van der Waals surface area contributed by atoms with Crippen LogP contribution in [0.25, 0.3) is 0 Å². The third kappa shape index (κ3) is 4.29. The third-order valence-corrected chi connectivity index (χ3v) is 5.52. The van der Waals surface area contributed by atoms with E-state index in [-0.39, 0.29) is 5.97 Å². The monoisotopic (exact) mass is 332 g/mol. The van der Waals surface area contributed by atoms with Gasteiger partial charge in [-0.15, -0.1) is 0 Å². The standard InChI is InChI=1S/C20H29NO3/c1-2-19(24-17-10-4-3-5-11-17)20(22)23-15-16-9-8-14-21-13-7-6-12-18(16)21/h3-5,10-11,16,18-19H,2,6-9,12-15H2,1H3/p+1/t16-,18-,19+/m1/s1. The Hall–Kier alpha value is -1.55. The van der Waals surface area contributed by atoms with Crippen molar-refractivity contribution < 1.29 is 19.2 Å². The number of esters is 1. The summed E-state index contributed by atoms with van der Waals surface area (Å²) < 4.78 is 11.5. The van der Waals surface area contributed by atoms with Gasteiger partial charge < -0.3 is 14.4 Å². The zero-order valence-electron chi connectivity index (χ0n) is 14.7. The number of fused-ring (bicyclic) bond motifs is 1. The number of benzene rings is 1. The fourth-order valence-corrected chi connectivity index (χ4v) is 4.22. The van der Waals surface area contributed by atoms with Crippen LogP contribution in [0.2, 0.25) is 0 Å². The van der Waals surface area contributed by atoms with Gasteiger partial charge in [0.1, 0.15) is 5.75 Å². The molecule has 1 aromatic rings. The molecule has 0 bridgehead atoms. The molecule has 0 saturated carbocycles. The van der Waals surface area contributed by atoms with Crippen molar-refractivity contribution in [2.75, 3.05) is 19.7 Å². The van der Waals surface area contributed by atoms with E-state index in [0.717, 1.165) is 5.75 Å². The second-order valence-electron chi connectivity index (χ2n) is 7.12. The first-order valence-corrected chi connectivity index (χ1v) is 9.51. The second kappa shape index (κ2) is 8.52. The maximum absolute atomic E-state index is 12.4. The lowest BCUT2D eigenvalue weighted by Crippen LogP contribution is -3.18. The van der Waals surface area contributed by atoms with Crippen LogP contribution in [0.5, 0.6) is 5.75 Å². The normalized spacial score (nSPS) is 27.8. The van der Waals surface area contributed by atoms with Gasteiger partial charge in [-0.1, -0.05) is 25.1 Å². The van der Waals surface area contributed by atoms with Crippen molar-refractivity contribution in [3.05, 3.63) is 30.3 Å². The number of hydrogen-bond acceptors (Lipinski definition) is 3. The molecule has 2 aliphatic rings. The summed E-state index contributed by atoms with van der Waals surface area (Å²) in [5.41, 5.74) is 0. The maximum Gasteiger partial charge on any atom is 0.347 e. The van der Waals surface area contributed by atoms with Crippen LogP contribution in [0.4, 0.5) is 0 Å². The molecule has 0 radical (unpaired) electrons. The highest BCUT2D eigenvalue weighted by Gasteiger charge is 2.37. The SMILES string of the molecule is CC[C@H](Oc1ccccc1)C(=O)OC[C@H]1CCC[NH+]2CCCC[C@H]12. The number of nitrogens with one attached hydrogen (secondary N) is 1. The molecule has 0 aliphatic carbocycles. The Morgan fingerprint density at radius 3 is 2.75 bits per heavy atom. The smallest absolute Gasteiger partial charge is 0.347 e. The van der Waals surface area contributed by atoms with Crippen molar-refractivity contribution in [1.29, 1.82) is 0 Å². The van der Waals surface area contributed by atoms with Gasteiger partial charge in [0.2, 0.25) is 0 Å². The van der Waals surface area contributed by atoms with Crippen molar-refractivity contribution in [2.45, 2.75) is 57.6 Å². The Labute approximate surface area is 145 Å². The summed E-state index contributed by atoms with van der Waals surface area (Å²) in [7, 11) is 0. The first-order valence-electron chi connectivity index (χ1n) is 9.51. The van der Waals surface area contributed by atoms with Gasteiger partial charge in [0.05, 0.1) is 25.7 Å². The fourth-order valence-electron chi connectivity index (χ4n) is 4.22. The van der Waals surface area contributed by atoms with E-state index in [0.29, 0.717) is 25.0 Å². The minimum Gasteiger partial charge on any atom is -0.479 e. The number of ether oxygens (including phenoxy) is 2. The van der Waals surface area contributed by atoms with Gasteiger partial charge in [-0.25, -0.2) is 4.79 Å². The van der Waals surface area contributed by atoms with Gasteiger partial charge in [-0.3, -0.25) is 0 Å². The van der Waals surface area contributed by atoms with E-state index in [4.69, 9.17) is 9.47 Å². The highest BCUT2D eigenvalue weighted by molar-refractivity contribution is 5.75. The van der Waals surface area contributed by atoms with Crippen LogP contribution >= 0.6 is 0 Å². The minimum atomic E-state index is -0.509. The third-order valence-electron chi connectivity index (χ3n) is 5.52. The first kappa shape index (κ1) is 17.3. The van der Waals surface area contributed by atoms with E-state index >= 15 is 0 Å². The van der Waals surface area contributed by atoms with Gasteiger partial charge in [0.25, 0.3) is 0 Å². The Morgan fingerprint density at radius 2 is 1.96 bits per heavy atom. The van der Waals surface area contributed by atoms with Crippen LogP contribution in [0.15, 0.2) is 30.3 Å². The van der Waals surface area contributed by atoms with Crippen LogP contribution in [-0.2, 0) is 9.53 Å². The fraction of sp³-hybridized carbons (Fsp3) is 0.650. The molecule has 3 rings (SSSR count). The molecule has 0 amide bonds. The summed E-state index contributed by atoms with van der Waals surface area (Å²) >= 11 is 0. The minimum absolute atomic E-state index is 0.218. The van der Waals surface area contributed by atoms with Crippen molar-refractivity contribution in [3.8, 4) is 5.75 Å². The quantitative estimate of drug-likeness (QED) is 0.812. The molecular weight excluding hydrogens is 302 g/mol. The zero-order valence-corrected chi connectivity index (χ0v) is 14.7. The van der Waals surface area contributed by atoms with Gasteiger partial charge in [-0.05, 0) is 50.7 Å². The molecule has 0 aromatic heterocycles. The van der Waals surface area contributed by atoms with E-state index in [1.807, 2.05) is 37.3 Å². The average Bonchev–Trinajstić information content (AvgIpc) is 2.65. The Morgan fingerprint density at radius 1 is 1.17 bits per heavy atom. The van der Waals surface area contributed by atoms with Gasteiger partial charge in [-0.2, -0.15) is 0 Å². The summed E-state index contributed by atoms with van der Waals surface area (Å²) in [5.74, 6) is 1.03. The lowest BCUT2D eigenvalue weighted by Gasteiger charge is -2.41. The summed E-state index contributed by atoms with van der Waals surface area (Å²) in [4.78, 5) is 14.2. The van der Waals surface area contributed by atoms with Crippen molar-refractivity contribution >= 4 is 5.97 Å². The summed E-state index contributed by atoms with van der Waals surface area (Å²) in [6.45, 7) is 5.11.